The van der Waals surface area contributed by atoms with Crippen molar-refractivity contribution in [2.75, 3.05) is 19.0 Å². The highest BCUT2D eigenvalue weighted by molar-refractivity contribution is 7.18. The number of nitrogens with one attached hydrogen (secondary N) is 1. The Kier molecular flexibility index (Phi) is 8.95. The van der Waals surface area contributed by atoms with E-state index in [1.165, 1.54) is 11.3 Å². The normalized spacial score (nSPS) is 11.6. The van der Waals surface area contributed by atoms with E-state index in [0.717, 1.165) is 23.3 Å². The van der Waals surface area contributed by atoms with Crippen molar-refractivity contribution in [2.24, 2.45) is 0 Å². The van der Waals surface area contributed by atoms with Crippen LogP contribution in [0.1, 0.15) is 38.7 Å². The van der Waals surface area contributed by atoms with E-state index in [1.54, 1.807) is 7.11 Å². The summed E-state index contributed by atoms with van der Waals surface area (Å²) in [5.41, 5.74) is 2.01. The fourth-order valence-corrected chi connectivity index (χ4v) is 4.16. The highest BCUT2D eigenvalue weighted by Crippen LogP contribution is 2.28. The van der Waals surface area contributed by atoms with Crippen molar-refractivity contribution in [2.45, 2.75) is 45.6 Å². The number of carbonyl (C=O) groups is 2. The minimum Gasteiger partial charge on any atom is -0.497 e. The first-order chi connectivity index (χ1) is 16.0. The molecular weight excluding hydrogens is 436 g/mol. The Balaban J connectivity index is 1.54. The zero-order valence-corrected chi connectivity index (χ0v) is 20.1. The first-order valence-electron chi connectivity index (χ1n) is 11.1. The third-order valence-corrected chi connectivity index (χ3v) is 6.37. The summed E-state index contributed by atoms with van der Waals surface area (Å²) < 4.78 is 5.25. The maximum absolute atomic E-state index is 12.9. The summed E-state index contributed by atoms with van der Waals surface area (Å²) in [4.78, 5) is 27.2. The van der Waals surface area contributed by atoms with E-state index in [-0.39, 0.29) is 24.3 Å². The average Bonchev–Trinajstić information content (AvgIpc) is 3.31. The summed E-state index contributed by atoms with van der Waals surface area (Å²) >= 11 is 1.30. The number of nitrogens with zero attached hydrogens (tertiary/aromatic N) is 3. The quantitative estimate of drug-likeness (QED) is 0.439. The van der Waals surface area contributed by atoms with E-state index in [9.17, 15) is 9.59 Å². The molecule has 1 N–H and O–H groups in total. The molecule has 1 atom stereocenters. The number of amides is 2. The van der Waals surface area contributed by atoms with Crippen molar-refractivity contribution in [1.82, 2.24) is 15.1 Å². The molecule has 1 unspecified atom stereocenters. The van der Waals surface area contributed by atoms with Crippen molar-refractivity contribution in [3.63, 3.8) is 0 Å². The number of rotatable bonds is 11. The van der Waals surface area contributed by atoms with Crippen LogP contribution < -0.4 is 10.1 Å². The smallest absolute Gasteiger partial charge is 0.227 e. The van der Waals surface area contributed by atoms with Gasteiger partial charge in [0.1, 0.15) is 10.8 Å². The molecule has 0 bridgehead atoms. The van der Waals surface area contributed by atoms with E-state index in [2.05, 4.69) is 15.5 Å². The Morgan fingerprint density at radius 2 is 1.88 bits per heavy atom. The standard InChI is InChI=1S/C25H30N4O3S/c1-4-18(2)29(23(31)14-13-19-9-6-5-7-10-19)16-15-22(30)26-25-28-27-24(33-25)20-11-8-12-21(17-20)32-3/h5-12,17-18H,4,13-16H2,1-3H3,(H,26,28,30). The third kappa shape index (κ3) is 7.12. The number of aromatic nitrogens is 2. The predicted octanol–water partition coefficient (Wildman–Crippen LogP) is 4.80. The van der Waals surface area contributed by atoms with Crippen LogP contribution in [0.5, 0.6) is 5.75 Å². The van der Waals surface area contributed by atoms with Crippen molar-refractivity contribution >= 4 is 28.3 Å². The molecule has 0 spiro atoms. The molecule has 0 aliphatic rings. The molecule has 2 amide bonds. The molecule has 0 aliphatic heterocycles. The van der Waals surface area contributed by atoms with Gasteiger partial charge in [0.2, 0.25) is 16.9 Å². The van der Waals surface area contributed by atoms with Gasteiger partial charge < -0.3 is 15.0 Å². The van der Waals surface area contributed by atoms with Crippen LogP contribution >= 0.6 is 11.3 Å². The van der Waals surface area contributed by atoms with Crippen LogP contribution in [0.3, 0.4) is 0 Å². The lowest BCUT2D eigenvalue weighted by Crippen LogP contribution is -2.40. The number of ether oxygens (including phenoxy) is 1. The fourth-order valence-electron chi connectivity index (χ4n) is 3.40. The second-order valence-corrected chi connectivity index (χ2v) is 8.75. The van der Waals surface area contributed by atoms with Crippen LogP contribution in [0.4, 0.5) is 5.13 Å². The SMILES string of the molecule is CCC(C)N(CCC(=O)Nc1nnc(-c2cccc(OC)c2)s1)C(=O)CCc1ccccc1. The van der Waals surface area contributed by atoms with E-state index < -0.39 is 0 Å². The Bertz CT molecular complexity index is 1050. The Hall–Kier alpha value is -3.26. The first kappa shape index (κ1) is 24.4. The van der Waals surface area contributed by atoms with E-state index in [4.69, 9.17) is 4.74 Å². The van der Waals surface area contributed by atoms with Gasteiger partial charge in [-0.2, -0.15) is 0 Å². The van der Waals surface area contributed by atoms with E-state index in [0.29, 0.717) is 29.5 Å². The molecule has 8 heteroatoms. The van der Waals surface area contributed by atoms with Gasteiger partial charge in [-0.3, -0.25) is 9.59 Å². The van der Waals surface area contributed by atoms with Gasteiger partial charge in [-0.1, -0.05) is 60.7 Å². The summed E-state index contributed by atoms with van der Waals surface area (Å²) in [5, 5.41) is 12.2. The van der Waals surface area contributed by atoms with Crippen molar-refractivity contribution in [3.8, 4) is 16.3 Å². The molecule has 2 aromatic carbocycles. The Morgan fingerprint density at radius 1 is 1.09 bits per heavy atom. The highest BCUT2D eigenvalue weighted by atomic mass is 32.1. The molecule has 0 saturated heterocycles. The zero-order chi connectivity index (χ0) is 23.6. The van der Waals surface area contributed by atoms with Crippen molar-refractivity contribution in [1.29, 1.82) is 0 Å². The number of hydrogen-bond acceptors (Lipinski definition) is 6. The summed E-state index contributed by atoms with van der Waals surface area (Å²) in [6.07, 6.45) is 2.15. The van der Waals surface area contributed by atoms with Gasteiger partial charge in [0.15, 0.2) is 0 Å². The number of anilines is 1. The second-order valence-electron chi connectivity index (χ2n) is 7.77. The van der Waals surface area contributed by atoms with Gasteiger partial charge in [-0.15, -0.1) is 10.2 Å². The number of methoxy groups -OCH3 is 1. The Morgan fingerprint density at radius 3 is 2.61 bits per heavy atom. The average molecular weight is 467 g/mol. The van der Waals surface area contributed by atoms with Crippen LogP contribution in [-0.2, 0) is 16.0 Å². The molecule has 0 aliphatic carbocycles. The van der Waals surface area contributed by atoms with Gasteiger partial charge in [0, 0.05) is 31.0 Å². The topological polar surface area (TPSA) is 84.4 Å². The summed E-state index contributed by atoms with van der Waals surface area (Å²) in [5.74, 6) is 0.611. The third-order valence-electron chi connectivity index (χ3n) is 5.48. The summed E-state index contributed by atoms with van der Waals surface area (Å²) in [7, 11) is 1.61. The number of aryl methyl sites for hydroxylation is 1. The zero-order valence-electron chi connectivity index (χ0n) is 19.3. The van der Waals surface area contributed by atoms with Crippen molar-refractivity contribution < 1.29 is 14.3 Å². The van der Waals surface area contributed by atoms with Crippen LogP contribution in [0.25, 0.3) is 10.6 Å². The molecule has 33 heavy (non-hydrogen) atoms. The highest BCUT2D eigenvalue weighted by Gasteiger charge is 2.20. The lowest BCUT2D eigenvalue weighted by molar-refractivity contribution is -0.133. The van der Waals surface area contributed by atoms with Crippen molar-refractivity contribution in [3.05, 3.63) is 60.2 Å². The number of hydrogen-bond donors (Lipinski definition) is 1. The van der Waals surface area contributed by atoms with Gasteiger partial charge in [-0.05, 0) is 37.5 Å². The van der Waals surface area contributed by atoms with Crippen LogP contribution in [-0.4, -0.2) is 46.6 Å². The minimum atomic E-state index is -0.187. The molecule has 0 radical (unpaired) electrons. The lowest BCUT2D eigenvalue weighted by atomic mass is 10.1. The maximum Gasteiger partial charge on any atom is 0.227 e. The van der Waals surface area contributed by atoms with Gasteiger partial charge in [0.05, 0.1) is 7.11 Å². The van der Waals surface area contributed by atoms with Gasteiger partial charge in [0.25, 0.3) is 0 Å². The number of benzene rings is 2. The van der Waals surface area contributed by atoms with Crippen LogP contribution in [0.2, 0.25) is 0 Å². The molecule has 3 rings (SSSR count). The molecule has 174 valence electrons. The predicted molar refractivity (Wildman–Crippen MR) is 131 cm³/mol. The summed E-state index contributed by atoms with van der Waals surface area (Å²) in [6, 6.07) is 17.6. The molecule has 7 nitrogen and oxygen atoms in total. The van der Waals surface area contributed by atoms with E-state index >= 15 is 0 Å². The van der Waals surface area contributed by atoms with Crippen LogP contribution in [0, 0.1) is 0 Å². The van der Waals surface area contributed by atoms with Gasteiger partial charge >= 0.3 is 0 Å². The molecule has 0 fully saturated rings. The van der Waals surface area contributed by atoms with Crippen LogP contribution in [0.15, 0.2) is 54.6 Å². The summed E-state index contributed by atoms with van der Waals surface area (Å²) in [6.45, 7) is 4.43. The first-order valence-corrected chi connectivity index (χ1v) is 11.9. The Labute approximate surface area is 198 Å². The fraction of sp³-hybridized carbons (Fsp3) is 0.360. The second kappa shape index (κ2) is 12.1. The molecule has 1 heterocycles. The molecule has 3 aromatic rings. The maximum atomic E-state index is 12.9. The molecular formula is C25H30N4O3S. The largest absolute Gasteiger partial charge is 0.497 e. The molecule has 0 saturated carbocycles. The lowest BCUT2D eigenvalue weighted by Gasteiger charge is -2.28. The molecule has 1 aromatic heterocycles. The van der Waals surface area contributed by atoms with Gasteiger partial charge in [-0.25, -0.2) is 0 Å². The monoisotopic (exact) mass is 466 g/mol. The minimum absolute atomic E-state index is 0.0669. The number of carbonyl (C=O) groups excluding carboxylic acids is 2. The van der Waals surface area contributed by atoms with E-state index in [1.807, 2.05) is 73.3 Å².